The number of anilines is 4. The highest BCUT2D eigenvalue weighted by Gasteiger charge is 2.13. The number of aryl methyl sites for hydroxylation is 2. The number of nitrogens with one attached hydrogen (secondary N) is 4. The zero-order valence-electron chi connectivity index (χ0n) is 33.2. The molecule has 0 unspecified atom stereocenters. The van der Waals surface area contributed by atoms with Crippen molar-refractivity contribution in [3.05, 3.63) is 186 Å². The number of carbonyl (C=O) groups excluding carboxylic acids is 2. The van der Waals surface area contributed by atoms with Crippen molar-refractivity contribution >= 4 is 35.2 Å². The standard InChI is InChI=1S/C24H22N4O3.C23H20N4O2/c1-16-3-6-19(23(29)26-14-17-4-7-20(30-2)8-5-17)13-21(16)28-24-27-15-22(31-24)18-9-11-25-12-10-18;1-16-7-8-19(22(28)25-14-17-5-3-2-4-6-17)13-20(16)27-23-26-15-21(29-23)18-9-11-24-12-10-18/h3-13,15H,14H2,1-2H3,(H,26,29)(H,27,28);2-13,15H,14H2,1H3,(H,25,28)(H,26,27). The molecule has 13 nitrogen and oxygen atoms in total. The van der Waals surface area contributed by atoms with Crippen molar-refractivity contribution in [2.75, 3.05) is 17.7 Å². The van der Waals surface area contributed by atoms with Crippen LogP contribution < -0.4 is 26.0 Å². The molecular weight excluding hydrogens is 757 g/mol. The van der Waals surface area contributed by atoms with Crippen molar-refractivity contribution in [1.29, 1.82) is 0 Å². The number of carbonyl (C=O) groups is 2. The lowest BCUT2D eigenvalue weighted by molar-refractivity contribution is 0.0943. The quantitative estimate of drug-likeness (QED) is 0.0877. The SMILES string of the molecule is COc1ccc(CNC(=O)c2ccc(C)c(Nc3ncc(-c4ccncc4)o3)c2)cc1.Cc1ccc(C(=O)NCc2ccccc2)cc1Nc1ncc(-c2ccncc2)o1. The van der Waals surface area contributed by atoms with Gasteiger partial charge >= 0.3 is 0 Å². The van der Waals surface area contributed by atoms with Crippen LogP contribution in [0, 0.1) is 13.8 Å². The Morgan fingerprint density at radius 2 is 1.02 bits per heavy atom. The molecule has 0 aliphatic rings. The Hall–Kier alpha value is -8.06. The Labute approximate surface area is 346 Å². The minimum atomic E-state index is -0.163. The Morgan fingerprint density at radius 3 is 1.47 bits per heavy atom. The van der Waals surface area contributed by atoms with Gasteiger partial charge in [-0.2, -0.15) is 0 Å². The van der Waals surface area contributed by atoms with Crippen LogP contribution in [0.2, 0.25) is 0 Å². The number of hydrogen-bond donors (Lipinski definition) is 4. The minimum absolute atomic E-state index is 0.137. The average Bonchev–Trinajstić information content (AvgIpc) is 3.98. The Kier molecular flexibility index (Phi) is 13.0. The van der Waals surface area contributed by atoms with Crippen molar-refractivity contribution in [3.8, 4) is 28.4 Å². The number of rotatable bonds is 13. The van der Waals surface area contributed by atoms with E-state index in [2.05, 4.69) is 41.2 Å². The number of pyridine rings is 2. The van der Waals surface area contributed by atoms with E-state index in [0.29, 0.717) is 47.8 Å². The van der Waals surface area contributed by atoms with Crippen LogP contribution in [-0.4, -0.2) is 38.9 Å². The van der Waals surface area contributed by atoms with Crippen molar-refractivity contribution in [3.63, 3.8) is 0 Å². The lowest BCUT2D eigenvalue weighted by Gasteiger charge is -2.10. The average molecular weight is 799 g/mol. The van der Waals surface area contributed by atoms with Crippen LogP contribution in [0.15, 0.2) is 161 Å². The third-order valence-electron chi connectivity index (χ3n) is 9.33. The summed E-state index contributed by atoms with van der Waals surface area (Å²) in [7, 11) is 1.62. The van der Waals surface area contributed by atoms with Gasteiger partial charge in [0.05, 0.1) is 19.5 Å². The number of oxazole rings is 2. The Balaban J connectivity index is 0.000000182. The van der Waals surface area contributed by atoms with Crippen LogP contribution in [0.4, 0.5) is 23.4 Å². The maximum atomic E-state index is 12.6. The fourth-order valence-corrected chi connectivity index (χ4v) is 5.90. The first kappa shape index (κ1) is 40.1. The molecule has 0 aliphatic carbocycles. The Bertz CT molecular complexity index is 2650. The van der Waals surface area contributed by atoms with Gasteiger partial charge in [0.25, 0.3) is 23.8 Å². The maximum absolute atomic E-state index is 12.6. The molecular formula is C47H42N8O5. The summed E-state index contributed by atoms with van der Waals surface area (Å²) >= 11 is 0. The number of nitrogens with zero attached hydrogens (tertiary/aromatic N) is 4. The van der Waals surface area contributed by atoms with Gasteiger partial charge in [-0.25, -0.2) is 9.97 Å². The first-order valence-corrected chi connectivity index (χ1v) is 19.0. The topological polar surface area (TPSA) is 169 Å². The summed E-state index contributed by atoms with van der Waals surface area (Å²) < 4.78 is 16.7. The molecule has 0 bridgehead atoms. The summed E-state index contributed by atoms with van der Waals surface area (Å²) in [5, 5.41) is 12.2. The summed E-state index contributed by atoms with van der Waals surface area (Å²) in [5.74, 6) is 1.76. The van der Waals surface area contributed by atoms with Gasteiger partial charge in [0.1, 0.15) is 5.75 Å². The number of benzene rings is 4. The van der Waals surface area contributed by atoms with Crippen LogP contribution >= 0.6 is 0 Å². The number of aromatic nitrogens is 4. The van der Waals surface area contributed by atoms with E-state index in [1.165, 1.54) is 0 Å². The zero-order chi connectivity index (χ0) is 41.7. The first-order valence-electron chi connectivity index (χ1n) is 19.0. The molecule has 300 valence electrons. The molecule has 13 heteroatoms. The summed E-state index contributed by atoms with van der Waals surface area (Å²) in [6.07, 6.45) is 10.1. The predicted octanol–water partition coefficient (Wildman–Crippen LogP) is 9.45. The molecule has 0 atom stereocenters. The predicted molar refractivity (Wildman–Crippen MR) is 230 cm³/mol. The summed E-state index contributed by atoms with van der Waals surface area (Å²) in [5.41, 5.74) is 8.39. The number of ether oxygens (including phenoxy) is 1. The molecule has 0 spiro atoms. The fourth-order valence-electron chi connectivity index (χ4n) is 5.90. The monoisotopic (exact) mass is 798 g/mol. The molecule has 0 saturated heterocycles. The minimum Gasteiger partial charge on any atom is -0.497 e. The molecule has 4 heterocycles. The van der Waals surface area contributed by atoms with Crippen LogP contribution in [0.1, 0.15) is 43.0 Å². The molecule has 0 aliphatic heterocycles. The third-order valence-corrected chi connectivity index (χ3v) is 9.33. The van der Waals surface area contributed by atoms with E-state index >= 15 is 0 Å². The van der Waals surface area contributed by atoms with Crippen molar-refractivity contribution < 1.29 is 23.2 Å². The van der Waals surface area contributed by atoms with Crippen LogP contribution in [0.25, 0.3) is 22.6 Å². The second kappa shape index (κ2) is 19.4. The molecule has 8 rings (SSSR count). The van der Waals surface area contributed by atoms with Gasteiger partial charge in [0, 0.05) is 71.5 Å². The van der Waals surface area contributed by atoms with Crippen LogP contribution in [0.3, 0.4) is 0 Å². The highest BCUT2D eigenvalue weighted by molar-refractivity contribution is 5.96. The Morgan fingerprint density at radius 1 is 0.567 bits per heavy atom. The lowest BCUT2D eigenvalue weighted by Crippen LogP contribution is -2.22. The molecule has 4 aromatic carbocycles. The maximum Gasteiger partial charge on any atom is 0.299 e. The van der Waals surface area contributed by atoms with Gasteiger partial charge in [-0.15, -0.1) is 0 Å². The highest BCUT2D eigenvalue weighted by Crippen LogP contribution is 2.28. The largest absolute Gasteiger partial charge is 0.497 e. The van der Waals surface area contributed by atoms with Crippen molar-refractivity contribution in [2.45, 2.75) is 26.9 Å². The van der Waals surface area contributed by atoms with E-state index in [0.717, 1.165) is 50.5 Å². The zero-order valence-corrected chi connectivity index (χ0v) is 33.2. The van der Waals surface area contributed by atoms with Gasteiger partial charge in [0.15, 0.2) is 11.5 Å². The number of amides is 2. The van der Waals surface area contributed by atoms with E-state index < -0.39 is 0 Å². The molecule has 8 aromatic rings. The van der Waals surface area contributed by atoms with Gasteiger partial charge in [0.2, 0.25) is 0 Å². The second-order valence-electron chi connectivity index (χ2n) is 13.5. The van der Waals surface area contributed by atoms with E-state index in [-0.39, 0.29) is 11.8 Å². The molecule has 0 radical (unpaired) electrons. The number of hydrogen-bond acceptors (Lipinski definition) is 11. The summed E-state index contributed by atoms with van der Waals surface area (Å²) in [6.45, 7) is 4.81. The van der Waals surface area contributed by atoms with E-state index in [4.69, 9.17) is 13.6 Å². The van der Waals surface area contributed by atoms with Gasteiger partial charge < -0.3 is 34.8 Å². The summed E-state index contributed by atoms with van der Waals surface area (Å²) in [6, 6.07) is 36.5. The van der Waals surface area contributed by atoms with Gasteiger partial charge in [-0.3, -0.25) is 19.6 Å². The molecule has 0 saturated carbocycles. The van der Waals surface area contributed by atoms with E-state index in [9.17, 15) is 9.59 Å². The van der Waals surface area contributed by atoms with Gasteiger partial charge in [-0.05, 0) is 96.8 Å². The summed E-state index contributed by atoms with van der Waals surface area (Å²) in [4.78, 5) is 41.7. The second-order valence-corrected chi connectivity index (χ2v) is 13.5. The fraction of sp³-hybridized carbons (Fsp3) is 0.106. The first-order chi connectivity index (χ1) is 29.3. The van der Waals surface area contributed by atoms with Crippen LogP contribution in [-0.2, 0) is 13.1 Å². The van der Waals surface area contributed by atoms with E-state index in [1.54, 1.807) is 68.6 Å². The molecule has 4 aromatic heterocycles. The third kappa shape index (κ3) is 10.7. The van der Waals surface area contributed by atoms with Crippen LogP contribution in [0.5, 0.6) is 5.75 Å². The molecule has 4 N–H and O–H groups in total. The highest BCUT2D eigenvalue weighted by atomic mass is 16.5. The normalized spacial score (nSPS) is 10.5. The number of methoxy groups -OCH3 is 1. The molecule has 60 heavy (non-hydrogen) atoms. The lowest BCUT2D eigenvalue weighted by atomic mass is 10.1. The van der Waals surface area contributed by atoms with Crippen molar-refractivity contribution in [2.24, 2.45) is 0 Å². The van der Waals surface area contributed by atoms with Crippen molar-refractivity contribution in [1.82, 2.24) is 30.6 Å². The molecule has 0 fully saturated rings. The van der Waals surface area contributed by atoms with E-state index in [1.807, 2.05) is 105 Å². The molecule has 2 amide bonds. The smallest absolute Gasteiger partial charge is 0.299 e. The van der Waals surface area contributed by atoms with Gasteiger partial charge in [-0.1, -0.05) is 54.6 Å².